The van der Waals surface area contributed by atoms with Gasteiger partial charge < -0.3 is 14.2 Å². The Morgan fingerprint density at radius 3 is 2.96 bits per heavy atom. The van der Waals surface area contributed by atoms with Crippen molar-refractivity contribution in [2.24, 2.45) is 0 Å². The van der Waals surface area contributed by atoms with Crippen molar-refractivity contribution in [3.05, 3.63) is 47.1 Å². The molecule has 1 unspecified atom stereocenters. The molecule has 2 aromatic rings. The molecule has 23 heavy (non-hydrogen) atoms. The van der Waals surface area contributed by atoms with Crippen molar-refractivity contribution in [2.75, 3.05) is 20.2 Å². The van der Waals surface area contributed by atoms with E-state index in [4.69, 9.17) is 14.5 Å². The van der Waals surface area contributed by atoms with Crippen molar-refractivity contribution >= 4 is 5.91 Å². The quantitative estimate of drug-likeness (QED) is 0.853. The Hall–Kier alpha value is -2.72. The maximum Gasteiger partial charge on any atom is 0.253 e. The Bertz CT molecular complexity index is 733. The zero-order valence-electron chi connectivity index (χ0n) is 12.7. The van der Waals surface area contributed by atoms with Gasteiger partial charge in [-0.15, -0.1) is 0 Å². The Morgan fingerprint density at radius 2 is 2.26 bits per heavy atom. The Balaban J connectivity index is 1.66. The van der Waals surface area contributed by atoms with Gasteiger partial charge in [0.05, 0.1) is 11.6 Å². The average molecular weight is 312 g/mol. The molecular weight excluding hydrogens is 296 g/mol. The van der Waals surface area contributed by atoms with Crippen LogP contribution in [0.2, 0.25) is 0 Å². The molecule has 3 rings (SSSR count). The lowest BCUT2D eigenvalue weighted by molar-refractivity contribution is 0.0790. The van der Waals surface area contributed by atoms with Crippen LogP contribution in [0.4, 0.5) is 0 Å². The van der Waals surface area contributed by atoms with E-state index in [0.717, 1.165) is 6.42 Å². The second-order valence-electron chi connectivity index (χ2n) is 5.41. The highest BCUT2D eigenvalue weighted by molar-refractivity contribution is 5.94. The van der Waals surface area contributed by atoms with Gasteiger partial charge in [0.2, 0.25) is 0 Å². The lowest BCUT2D eigenvalue weighted by atomic mass is 10.1. The number of methoxy groups -OCH3 is 1. The van der Waals surface area contributed by atoms with Crippen LogP contribution in [0.1, 0.15) is 40.0 Å². The number of aromatic nitrogens is 2. The number of carbonyl (C=O) groups excluding carboxylic acids is 1. The molecule has 1 aliphatic rings. The molecule has 0 bridgehead atoms. The van der Waals surface area contributed by atoms with Crippen molar-refractivity contribution in [2.45, 2.75) is 18.9 Å². The highest BCUT2D eigenvalue weighted by atomic mass is 16.5. The maximum absolute atomic E-state index is 12.5. The van der Waals surface area contributed by atoms with E-state index in [1.807, 2.05) is 6.07 Å². The fraction of sp³-hybridized carbons (Fsp3) is 0.375. The summed E-state index contributed by atoms with van der Waals surface area (Å²) in [6.07, 6.45) is 0.800. The van der Waals surface area contributed by atoms with E-state index < -0.39 is 0 Å². The van der Waals surface area contributed by atoms with Gasteiger partial charge in [-0.3, -0.25) is 4.79 Å². The van der Waals surface area contributed by atoms with Gasteiger partial charge in [-0.2, -0.15) is 10.2 Å². The van der Waals surface area contributed by atoms with Crippen LogP contribution in [0, 0.1) is 11.3 Å². The molecule has 7 nitrogen and oxygen atoms in total. The molecule has 1 atom stereocenters. The van der Waals surface area contributed by atoms with Crippen LogP contribution in [-0.2, 0) is 11.3 Å². The second-order valence-corrected chi connectivity index (χ2v) is 5.41. The smallest absolute Gasteiger partial charge is 0.253 e. The minimum absolute atomic E-state index is 0.0439. The summed E-state index contributed by atoms with van der Waals surface area (Å²) in [5.74, 6) is 1.09. The van der Waals surface area contributed by atoms with Crippen molar-refractivity contribution in [1.29, 1.82) is 5.26 Å². The summed E-state index contributed by atoms with van der Waals surface area (Å²) in [6, 6.07) is 8.70. The Kier molecular flexibility index (Phi) is 4.35. The number of hydrogen-bond acceptors (Lipinski definition) is 6. The highest BCUT2D eigenvalue weighted by Crippen LogP contribution is 2.26. The van der Waals surface area contributed by atoms with E-state index >= 15 is 0 Å². The number of likely N-dealkylation sites (tertiary alicyclic amines) is 1. The first-order valence-electron chi connectivity index (χ1n) is 7.32. The number of nitriles is 1. The van der Waals surface area contributed by atoms with Crippen LogP contribution < -0.4 is 0 Å². The van der Waals surface area contributed by atoms with Gasteiger partial charge in [-0.25, -0.2) is 0 Å². The fourth-order valence-corrected chi connectivity index (χ4v) is 2.64. The summed E-state index contributed by atoms with van der Waals surface area (Å²) >= 11 is 0. The summed E-state index contributed by atoms with van der Waals surface area (Å²) in [6.45, 7) is 1.50. The number of hydrogen-bond donors (Lipinski definition) is 0. The topological polar surface area (TPSA) is 92.2 Å². The number of benzene rings is 1. The van der Waals surface area contributed by atoms with Gasteiger partial charge in [0.1, 0.15) is 6.61 Å². The largest absolute Gasteiger partial charge is 0.375 e. The first-order chi connectivity index (χ1) is 11.2. The molecule has 7 heteroatoms. The number of rotatable bonds is 4. The Morgan fingerprint density at radius 1 is 1.48 bits per heavy atom. The molecule has 0 saturated carbocycles. The zero-order chi connectivity index (χ0) is 16.2. The molecule has 118 valence electrons. The van der Waals surface area contributed by atoms with Crippen LogP contribution >= 0.6 is 0 Å². The minimum Gasteiger partial charge on any atom is -0.375 e. The Labute approximate surface area is 133 Å². The van der Waals surface area contributed by atoms with Gasteiger partial charge in [-0.05, 0) is 30.7 Å². The zero-order valence-corrected chi connectivity index (χ0v) is 12.7. The summed E-state index contributed by atoms with van der Waals surface area (Å²) < 4.78 is 10.1. The van der Waals surface area contributed by atoms with Crippen molar-refractivity contribution < 1.29 is 14.1 Å². The molecule has 0 radical (unpaired) electrons. The third-order valence-corrected chi connectivity index (χ3v) is 3.85. The van der Waals surface area contributed by atoms with E-state index in [-0.39, 0.29) is 18.4 Å². The minimum atomic E-state index is -0.0439. The van der Waals surface area contributed by atoms with Crippen LogP contribution in [-0.4, -0.2) is 41.1 Å². The van der Waals surface area contributed by atoms with Gasteiger partial charge in [-0.1, -0.05) is 5.16 Å². The summed E-state index contributed by atoms with van der Waals surface area (Å²) in [5.41, 5.74) is 1.12. The molecule has 0 spiro atoms. The van der Waals surface area contributed by atoms with E-state index in [2.05, 4.69) is 10.1 Å². The summed E-state index contributed by atoms with van der Waals surface area (Å²) in [4.78, 5) is 18.6. The van der Waals surface area contributed by atoms with E-state index in [1.54, 1.807) is 36.3 Å². The van der Waals surface area contributed by atoms with Gasteiger partial charge in [0.15, 0.2) is 5.82 Å². The summed E-state index contributed by atoms with van der Waals surface area (Å²) in [7, 11) is 1.57. The van der Waals surface area contributed by atoms with Gasteiger partial charge in [0.25, 0.3) is 11.8 Å². The lowest BCUT2D eigenvalue weighted by Crippen LogP contribution is -2.28. The van der Waals surface area contributed by atoms with E-state index in [1.165, 1.54) is 0 Å². The van der Waals surface area contributed by atoms with Crippen LogP contribution in [0.15, 0.2) is 28.8 Å². The third-order valence-electron chi connectivity index (χ3n) is 3.85. The monoisotopic (exact) mass is 312 g/mol. The van der Waals surface area contributed by atoms with Crippen LogP contribution in [0.5, 0.6) is 0 Å². The molecular formula is C16H16N4O3. The van der Waals surface area contributed by atoms with Gasteiger partial charge >= 0.3 is 0 Å². The first-order valence-corrected chi connectivity index (χ1v) is 7.32. The number of amides is 1. The molecule has 0 N–H and O–H groups in total. The lowest BCUT2D eigenvalue weighted by Gasteiger charge is -2.15. The molecule has 1 aliphatic heterocycles. The normalized spacial score (nSPS) is 17.2. The molecule has 1 saturated heterocycles. The van der Waals surface area contributed by atoms with Crippen molar-refractivity contribution in [3.63, 3.8) is 0 Å². The molecule has 2 heterocycles. The van der Waals surface area contributed by atoms with Crippen LogP contribution in [0.3, 0.4) is 0 Å². The molecule has 0 aliphatic carbocycles. The summed E-state index contributed by atoms with van der Waals surface area (Å²) in [5, 5.41) is 12.8. The van der Waals surface area contributed by atoms with Crippen molar-refractivity contribution in [3.8, 4) is 6.07 Å². The molecule has 1 aromatic carbocycles. The predicted octanol–water partition coefficient (Wildman–Crippen LogP) is 1.72. The standard InChI is InChI=1S/C16H16N4O3/c1-22-10-14-18-15(19-23-14)13-6-7-20(9-13)16(21)12-4-2-11(8-17)3-5-12/h2-5,13H,6-7,9-10H2,1H3. The number of nitrogens with zero attached hydrogens (tertiary/aromatic N) is 4. The SMILES string of the molecule is COCc1nc(C2CCN(C(=O)c3ccc(C#N)cc3)C2)no1. The van der Waals surface area contributed by atoms with Gasteiger partial charge in [0, 0.05) is 31.7 Å². The molecule has 1 fully saturated rings. The molecule has 1 amide bonds. The van der Waals surface area contributed by atoms with E-state index in [9.17, 15) is 4.79 Å². The molecule has 1 aromatic heterocycles. The second kappa shape index (κ2) is 6.58. The van der Waals surface area contributed by atoms with E-state index in [0.29, 0.717) is 35.9 Å². The highest BCUT2D eigenvalue weighted by Gasteiger charge is 2.31. The maximum atomic E-state index is 12.5. The number of ether oxygens (including phenoxy) is 1. The average Bonchev–Trinajstić information content (AvgIpc) is 3.24. The number of carbonyl (C=O) groups is 1. The predicted molar refractivity (Wildman–Crippen MR) is 79.4 cm³/mol. The fourth-order valence-electron chi connectivity index (χ4n) is 2.64. The third kappa shape index (κ3) is 3.22. The van der Waals surface area contributed by atoms with Crippen molar-refractivity contribution in [1.82, 2.24) is 15.0 Å². The van der Waals surface area contributed by atoms with Crippen LogP contribution in [0.25, 0.3) is 0 Å². The first kappa shape index (κ1) is 15.2.